The second kappa shape index (κ2) is 5.47. The highest BCUT2D eigenvalue weighted by Crippen LogP contribution is 2.13. The van der Waals surface area contributed by atoms with E-state index in [2.05, 4.69) is 20.4 Å². The van der Waals surface area contributed by atoms with Crippen LogP contribution in [-0.4, -0.2) is 19.6 Å². The van der Waals surface area contributed by atoms with Crippen molar-refractivity contribution in [3.8, 4) is 0 Å². The quantitative estimate of drug-likeness (QED) is 0.801. The van der Waals surface area contributed by atoms with Crippen molar-refractivity contribution in [2.45, 2.75) is 26.8 Å². The highest BCUT2D eigenvalue weighted by Gasteiger charge is 2.08. The van der Waals surface area contributed by atoms with Gasteiger partial charge in [0.1, 0.15) is 11.6 Å². The van der Waals surface area contributed by atoms with Crippen molar-refractivity contribution >= 4 is 11.6 Å². The molecule has 0 unspecified atom stereocenters. The lowest BCUT2D eigenvalue weighted by molar-refractivity contribution is 0.627. The van der Waals surface area contributed by atoms with Gasteiger partial charge in [0, 0.05) is 24.7 Å². The lowest BCUT2D eigenvalue weighted by atomic mass is 10.2. The van der Waals surface area contributed by atoms with Gasteiger partial charge in [0.2, 0.25) is 0 Å². The molecule has 3 rings (SSSR count). The number of halogens is 1. The fraction of sp³-hybridized carbons (Fsp3) is 0.267. The van der Waals surface area contributed by atoms with Crippen molar-refractivity contribution in [2.75, 3.05) is 5.32 Å². The molecule has 1 N–H and O–H groups in total. The van der Waals surface area contributed by atoms with E-state index < -0.39 is 0 Å². The van der Waals surface area contributed by atoms with Crippen molar-refractivity contribution in [1.82, 2.24) is 19.6 Å². The Morgan fingerprint density at radius 3 is 2.67 bits per heavy atom. The van der Waals surface area contributed by atoms with Crippen LogP contribution < -0.4 is 5.32 Å². The highest BCUT2D eigenvalue weighted by atomic mass is 19.1. The smallest absolute Gasteiger partial charge is 0.254 e. The molecule has 0 atom stereocenters. The molecule has 2 heterocycles. The normalized spacial score (nSPS) is 11.0. The molecule has 3 aromatic rings. The van der Waals surface area contributed by atoms with Crippen LogP contribution in [0.3, 0.4) is 0 Å². The molecule has 0 radical (unpaired) electrons. The highest BCUT2D eigenvalue weighted by molar-refractivity contribution is 5.45. The Balaban J connectivity index is 1.88. The van der Waals surface area contributed by atoms with Crippen molar-refractivity contribution in [3.05, 3.63) is 53.2 Å². The predicted octanol–water partition coefficient (Wildman–Crippen LogP) is 2.75. The zero-order valence-electron chi connectivity index (χ0n) is 12.0. The molecule has 0 aliphatic rings. The number of aryl methyl sites for hydroxylation is 2. The number of anilines is 1. The summed E-state index contributed by atoms with van der Waals surface area (Å²) in [6.45, 7) is 4.51. The van der Waals surface area contributed by atoms with Gasteiger partial charge < -0.3 is 5.32 Å². The summed E-state index contributed by atoms with van der Waals surface area (Å²) >= 11 is 0. The maximum Gasteiger partial charge on any atom is 0.254 e. The molecule has 1 aromatic carbocycles. The number of hydrogen-bond acceptors (Lipinski definition) is 4. The minimum atomic E-state index is -0.232. The molecule has 0 amide bonds. The van der Waals surface area contributed by atoms with E-state index in [-0.39, 0.29) is 5.82 Å². The maximum atomic E-state index is 12.9. The SMILES string of the molecule is CCc1nc2nc(C)cc(NCc3ccc(F)cc3)n2n1. The Hall–Kier alpha value is -2.50. The first kappa shape index (κ1) is 13.5. The van der Waals surface area contributed by atoms with E-state index in [0.717, 1.165) is 29.3 Å². The van der Waals surface area contributed by atoms with Crippen LogP contribution in [0.4, 0.5) is 10.2 Å². The first-order valence-electron chi connectivity index (χ1n) is 6.87. The standard InChI is InChI=1S/C15H16FN5/c1-3-13-19-15-18-10(2)8-14(21(15)20-13)17-9-11-4-6-12(16)7-5-11/h4-8,17H,3,9H2,1-2H3. The second-order valence-electron chi connectivity index (χ2n) is 4.86. The maximum absolute atomic E-state index is 12.9. The molecule has 5 nitrogen and oxygen atoms in total. The molecule has 0 aliphatic carbocycles. The van der Waals surface area contributed by atoms with Crippen LogP contribution >= 0.6 is 0 Å². The molecule has 0 fully saturated rings. The van der Waals surface area contributed by atoms with Crippen LogP contribution in [0.2, 0.25) is 0 Å². The number of nitrogens with zero attached hydrogens (tertiary/aromatic N) is 4. The third-order valence-corrected chi connectivity index (χ3v) is 3.19. The van der Waals surface area contributed by atoms with Crippen molar-refractivity contribution in [2.24, 2.45) is 0 Å². The van der Waals surface area contributed by atoms with Gasteiger partial charge in [-0.3, -0.25) is 0 Å². The van der Waals surface area contributed by atoms with Crippen LogP contribution in [0.15, 0.2) is 30.3 Å². The van der Waals surface area contributed by atoms with Gasteiger partial charge in [0.25, 0.3) is 5.78 Å². The van der Waals surface area contributed by atoms with Crippen LogP contribution in [0, 0.1) is 12.7 Å². The van der Waals surface area contributed by atoms with Crippen LogP contribution in [0.1, 0.15) is 24.0 Å². The number of benzene rings is 1. The van der Waals surface area contributed by atoms with E-state index in [1.807, 2.05) is 19.9 Å². The first-order chi connectivity index (χ1) is 10.2. The van der Waals surface area contributed by atoms with Gasteiger partial charge in [-0.2, -0.15) is 9.50 Å². The Morgan fingerprint density at radius 1 is 1.19 bits per heavy atom. The molecule has 0 bridgehead atoms. The van der Waals surface area contributed by atoms with Gasteiger partial charge in [-0.1, -0.05) is 19.1 Å². The van der Waals surface area contributed by atoms with E-state index in [4.69, 9.17) is 0 Å². The average Bonchev–Trinajstić information content (AvgIpc) is 2.89. The molecule has 6 heteroatoms. The second-order valence-corrected chi connectivity index (χ2v) is 4.86. The van der Waals surface area contributed by atoms with Gasteiger partial charge in [0.05, 0.1) is 0 Å². The summed E-state index contributed by atoms with van der Waals surface area (Å²) in [7, 11) is 0. The van der Waals surface area contributed by atoms with Crippen LogP contribution in [0.25, 0.3) is 5.78 Å². The van der Waals surface area contributed by atoms with E-state index in [0.29, 0.717) is 12.3 Å². The van der Waals surface area contributed by atoms with Gasteiger partial charge in [-0.15, -0.1) is 5.10 Å². The fourth-order valence-electron chi connectivity index (χ4n) is 2.10. The third kappa shape index (κ3) is 2.84. The summed E-state index contributed by atoms with van der Waals surface area (Å²) in [5, 5.41) is 7.72. The zero-order valence-corrected chi connectivity index (χ0v) is 12.0. The van der Waals surface area contributed by atoms with E-state index in [1.54, 1.807) is 16.6 Å². The predicted molar refractivity (Wildman–Crippen MR) is 78.6 cm³/mol. The summed E-state index contributed by atoms with van der Waals surface area (Å²) in [6.07, 6.45) is 0.764. The molecule has 0 aliphatic heterocycles. The molecule has 0 spiro atoms. The lowest BCUT2D eigenvalue weighted by Gasteiger charge is -2.08. The van der Waals surface area contributed by atoms with Gasteiger partial charge in [0.15, 0.2) is 5.82 Å². The number of hydrogen-bond donors (Lipinski definition) is 1. The largest absolute Gasteiger partial charge is 0.366 e. The molecule has 0 saturated carbocycles. The molecule has 108 valence electrons. The first-order valence-corrected chi connectivity index (χ1v) is 6.87. The van der Waals surface area contributed by atoms with Gasteiger partial charge in [-0.25, -0.2) is 9.37 Å². The van der Waals surface area contributed by atoms with Crippen molar-refractivity contribution in [3.63, 3.8) is 0 Å². The summed E-state index contributed by atoms with van der Waals surface area (Å²) in [5.41, 5.74) is 1.87. The Bertz CT molecular complexity index is 764. The Kier molecular flexibility index (Phi) is 3.51. The average molecular weight is 285 g/mol. The number of rotatable bonds is 4. The minimum Gasteiger partial charge on any atom is -0.366 e. The molecular formula is C15H16FN5. The summed E-state index contributed by atoms with van der Waals surface area (Å²) < 4.78 is 14.6. The van der Waals surface area contributed by atoms with Gasteiger partial charge >= 0.3 is 0 Å². The number of aromatic nitrogens is 4. The summed E-state index contributed by atoms with van der Waals surface area (Å²) in [5.74, 6) is 1.95. The van der Waals surface area contributed by atoms with E-state index in [9.17, 15) is 4.39 Å². The summed E-state index contributed by atoms with van der Waals surface area (Å²) in [6, 6.07) is 8.34. The fourth-order valence-corrected chi connectivity index (χ4v) is 2.10. The number of nitrogens with one attached hydrogen (secondary N) is 1. The van der Waals surface area contributed by atoms with E-state index in [1.165, 1.54) is 12.1 Å². The van der Waals surface area contributed by atoms with E-state index >= 15 is 0 Å². The van der Waals surface area contributed by atoms with Gasteiger partial charge in [-0.05, 0) is 24.6 Å². The monoisotopic (exact) mass is 285 g/mol. The molecule has 21 heavy (non-hydrogen) atoms. The molecule has 0 saturated heterocycles. The van der Waals surface area contributed by atoms with Crippen molar-refractivity contribution in [1.29, 1.82) is 0 Å². The minimum absolute atomic E-state index is 0.232. The lowest BCUT2D eigenvalue weighted by Crippen LogP contribution is -2.07. The van der Waals surface area contributed by atoms with Crippen LogP contribution in [0.5, 0.6) is 0 Å². The number of fused-ring (bicyclic) bond motifs is 1. The summed E-state index contributed by atoms with van der Waals surface area (Å²) in [4.78, 5) is 8.74. The molecule has 2 aromatic heterocycles. The Labute approximate surface area is 121 Å². The zero-order chi connectivity index (χ0) is 14.8. The third-order valence-electron chi connectivity index (χ3n) is 3.19. The topological polar surface area (TPSA) is 55.1 Å². The van der Waals surface area contributed by atoms with Crippen molar-refractivity contribution < 1.29 is 4.39 Å². The molecular weight excluding hydrogens is 269 g/mol. The van der Waals surface area contributed by atoms with Crippen LogP contribution in [-0.2, 0) is 13.0 Å². The Morgan fingerprint density at radius 2 is 1.95 bits per heavy atom.